The van der Waals surface area contributed by atoms with E-state index in [1.54, 1.807) is 19.2 Å². The molecule has 1 aromatic carbocycles. The monoisotopic (exact) mass is 332 g/mol. The first kappa shape index (κ1) is 16.1. The van der Waals surface area contributed by atoms with Gasteiger partial charge in [-0.1, -0.05) is 6.07 Å². The number of carbonyl (C=O) groups is 1. The van der Waals surface area contributed by atoms with Crippen molar-refractivity contribution in [2.75, 3.05) is 26.8 Å². The smallest absolute Gasteiger partial charge is 0.234 e. The Morgan fingerprint density at radius 1 is 1.53 bits per heavy atom. The molecule has 1 unspecified atom stereocenters. The van der Waals surface area contributed by atoms with Crippen molar-refractivity contribution in [2.24, 2.45) is 0 Å². The molecule has 1 rings (SSSR count). The number of ether oxygens (including phenoxy) is 1. The quantitative estimate of drug-likeness (QED) is 0.751. The largest absolute Gasteiger partial charge is 0.383 e. The molecule has 2 N–H and O–H groups in total. The van der Waals surface area contributed by atoms with Crippen LogP contribution in [0.4, 0.5) is 4.39 Å². The van der Waals surface area contributed by atoms with Crippen molar-refractivity contribution in [3.8, 4) is 0 Å². The molecule has 4 nitrogen and oxygen atoms in total. The lowest BCUT2D eigenvalue weighted by atomic mass is 10.1. The van der Waals surface area contributed by atoms with Gasteiger partial charge in [-0.05, 0) is 40.5 Å². The topological polar surface area (TPSA) is 50.4 Å². The lowest BCUT2D eigenvalue weighted by Crippen LogP contribution is -2.36. The second-order valence-electron chi connectivity index (χ2n) is 4.12. The third-order valence-electron chi connectivity index (χ3n) is 2.64. The fourth-order valence-electron chi connectivity index (χ4n) is 1.50. The SMILES string of the molecule is COCCNC(=O)CNC(C)c1ccc(F)c(Br)c1. The first-order valence-electron chi connectivity index (χ1n) is 5.98. The Balaban J connectivity index is 2.40. The van der Waals surface area contributed by atoms with Crippen molar-refractivity contribution >= 4 is 21.8 Å². The first-order chi connectivity index (χ1) is 9.04. The van der Waals surface area contributed by atoms with E-state index in [9.17, 15) is 9.18 Å². The van der Waals surface area contributed by atoms with Gasteiger partial charge >= 0.3 is 0 Å². The van der Waals surface area contributed by atoms with Gasteiger partial charge in [-0.25, -0.2) is 4.39 Å². The molecule has 0 radical (unpaired) electrons. The second kappa shape index (κ2) is 8.24. The molecule has 0 aliphatic heterocycles. The molecule has 19 heavy (non-hydrogen) atoms. The van der Waals surface area contributed by atoms with Gasteiger partial charge in [0.1, 0.15) is 5.82 Å². The number of amides is 1. The lowest BCUT2D eigenvalue weighted by Gasteiger charge is -2.14. The third kappa shape index (κ3) is 5.67. The molecule has 0 aromatic heterocycles. The van der Waals surface area contributed by atoms with Crippen LogP contribution in [0, 0.1) is 5.82 Å². The lowest BCUT2D eigenvalue weighted by molar-refractivity contribution is -0.120. The van der Waals surface area contributed by atoms with Crippen LogP contribution in [0.2, 0.25) is 0 Å². The Hall–Kier alpha value is -0.980. The molecule has 0 aliphatic carbocycles. The highest BCUT2D eigenvalue weighted by Crippen LogP contribution is 2.20. The number of rotatable bonds is 7. The van der Waals surface area contributed by atoms with Gasteiger partial charge in [0, 0.05) is 19.7 Å². The van der Waals surface area contributed by atoms with Gasteiger partial charge in [-0.3, -0.25) is 4.79 Å². The maximum Gasteiger partial charge on any atom is 0.234 e. The molecule has 6 heteroatoms. The van der Waals surface area contributed by atoms with Crippen LogP contribution >= 0.6 is 15.9 Å². The van der Waals surface area contributed by atoms with Crippen LogP contribution in [0.25, 0.3) is 0 Å². The van der Waals surface area contributed by atoms with Crippen molar-refractivity contribution in [3.05, 3.63) is 34.1 Å². The second-order valence-corrected chi connectivity index (χ2v) is 4.97. The molecule has 0 saturated heterocycles. The third-order valence-corrected chi connectivity index (χ3v) is 3.25. The Kier molecular flexibility index (Phi) is 6.97. The van der Waals surface area contributed by atoms with Gasteiger partial charge in [-0.2, -0.15) is 0 Å². The van der Waals surface area contributed by atoms with E-state index in [0.717, 1.165) is 5.56 Å². The predicted octanol–water partition coefficient (Wildman–Crippen LogP) is 2.00. The van der Waals surface area contributed by atoms with Crippen molar-refractivity contribution in [2.45, 2.75) is 13.0 Å². The van der Waals surface area contributed by atoms with E-state index >= 15 is 0 Å². The Bertz CT molecular complexity index is 429. The number of nitrogens with one attached hydrogen (secondary N) is 2. The molecule has 0 aliphatic rings. The van der Waals surface area contributed by atoms with E-state index < -0.39 is 0 Å². The van der Waals surface area contributed by atoms with Gasteiger partial charge in [-0.15, -0.1) is 0 Å². The number of hydrogen-bond donors (Lipinski definition) is 2. The van der Waals surface area contributed by atoms with Crippen LogP contribution in [0.5, 0.6) is 0 Å². The highest BCUT2D eigenvalue weighted by Gasteiger charge is 2.09. The number of benzene rings is 1. The average molecular weight is 333 g/mol. The van der Waals surface area contributed by atoms with Crippen molar-refractivity contribution < 1.29 is 13.9 Å². The van der Waals surface area contributed by atoms with Gasteiger partial charge in [0.05, 0.1) is 17.6 Å². The summed E-state index contributed by atoms with van der Waals surface area (Å²) in [5.74, 6) is -0.390. The normalized spacial score (nSPS) is 12.2. The average Bonchev–Trinajstić information content (AvgIpc) is 2.39. The minimum Gasteiger partial charge on any atom is -0.383 e. The van der Waals surface area contributed by atoms with E-state index in [0.29, 0.717) is 17.6 Å². The van der Waals surface area contributed by atoms with E-state index in [4.69, 9.17) is 4.74 Å². The van der Waals surface area contributed by atoms with E-state index in [-0.39, 0.29) is 24.3 Å². The summed E-state index contributed by atoms with van der Waals surface area (Å²) in [6, 6.07) is 4.76. The zero-order valence-electron chi connectivity index (χ0n) is 11.0. The van der Waals surface area contributed by atoms with Crippen LogP contribution in [-0.2, 0) is 9.53 Å². The van der Waals surface area contributed by atoms with E-state index in [2.05, 4.69) is 26.6 Å². The molecule has 1 atom stereocenters. The number of halogens is 2. The summed E-state index contributed by atoms with van der Waals surface area (Å²) in [4.78, 5) is 11.5. The molecular weight excluding hydrogens is 315 g/mol. The molecule has 0 saturated carbocycles. The van der Waals surface area contributed by atoms with Gasteiger partial charge in [0.2, 0.25) is 5.91 Å². The van der Waals surface area contributed by atoms with Crippen molar-refractivity contribution in [1.29, 1.82) is 0 Å². The van der Waals surface area contributed by atoms with Crippen molar-refractivity contribution in [1.82, 2.24) is 10.6 Å². The zero-order chi connectivity index (χ0) is 14.3. The summed E-state index contributed by atoms with van der Waals surface area (Å²) in [5.41, 5.74) is 0.915. The summed E-state index contributed by atoms with van der Waals surface area (Å²) < 4.78 is 18.4. The number of carbonyl (C=O) groups excluding carboxylic acids is 1. The van der Waals surface area contributed by atoms with Gasteiger partial charge in [0.15, 0.2) is 0 Å². The standard InChI is InChI=1S/C13H18BrFN2O2/c1-9(10-3-4-12(15)11(14)7-10)17-8-13(18)16-5-6-19-2/h3-4,7,9,17H,5-6,8H2,1-2H3,(H,16,18). The zero-order valence-corrected chi connectivity index (χ0v) is 12.6. The van der Waals surface area contributed by atoms with Crippen LogP contribution in [0.1, 0.15) is 18.5 Å². The predicted molar refractivity (Wildman–Crippen MR) is 75.4 cm³/mol. The fourth-order valence-corrected chi connectivity index (χ4v) is 1.90. The van der Waals surface area contributed by atoms with Crippen LogP contribution in [0.15, 0.2) is 22.7 Å². The van der Waals surface area contributed by atoms with Crippen LogP contribution in [0.3, 0.4) is 0 Å². The van der Waals surface area contributed by atoms with E-state index in [1.807, 2.05) is 6.92 Å². The highest BCUT2D eigenvalue weighted by atomic mass is 79.9. The summed E-state index contributed by atoms with van der Waals surface area (Å²) in [5, 5.41) is 5.79. The summed E-state index contributed by atoms with van der Waals surface area (Å²) in [6.07, 6.45) is 0. The molecule has 1 amide bonds. The molecule has 0 heterocycles. The summed E-state index contributed by atoms with van der Waals surface area (Å²) in [6.45, 7) is 3.11. The highest BCUT2D eigenvalue weighted by molar-refractivity contribution is 9.10. The maximum absolute atomic E-state index is 13.1. The fraction of sp³-hybridized carbons (Fsp3) is 0.462. The van der Waals surface area contributed by atoms with Crippen LogP contribution < -0.4 is 10.6 Å². The molecule has 106 valence electrons. The number of methoxy groups -OCH3 is 1. The number of hydrogen-bond acceptors (Lipinski definition) is 3. The first-order valence-corrected chi connectivity index (χ1v) is 6.78. The Labute approximate surface area is 120 Å². The van der Waals surface area contributed by atoms with Gasteiger partial charge in [0.25, 0.3) is 0 Å². The Morgan fingerprint density at radius 3 is 2.89 bits per heavy atom. The minimum atomic E-state index is -0.298. The maximum atomic E-state index is 13.1. The van der Waals surface area contributed by atoms with E-state index in [1.165, 1.54) is 6.07 Å². The molecule has 0 spiro atoms. The minimum absolute atomic E-state index is 0.0370. The van der Waals surface area contributed by atoms with Crippen molar-refractivity contribution in [3.63, 3.8) is 0 Å². The summed E-state index contributed by atoms with van der Waals surface area (Å²) in [7, 11) is 1.58. The Morgan fingerprint density at radius 2 is 2.26 bits per heavy atom. The molecule has 0 bridgehead atoms. The van der Waals surface area contributed by atoms with Crippen LogP contribution in [-0.4, -0.2) is 32.7 Å². The molecule has 0 fully saturated rings. The molecular formula is C13H18BrFN2O2. The molecule has 1 aromatic rings. The summed E-state index contributed by atoms with van der Waals surface area (Å²) >= 11 is 3.14. The van der Waals surface area contributed by atoms with Gasteiger partial charge < -0.3 is 15.4 Å².